The summed E-state index contributed by atoms with van der Waals surface area (Å²) in [6.45, 7) is -3.04. The van der Waals surface area contributed by atoms with Crippen LogP contribution in [0.15, 0.2) is 0 Å². The third kappa shape index (κ3) is 15.6. The van der Waals surface area contributed by atoms with Crippen LogP contribution in [0.5, 0.6) is 0 Å². The molecule has 0 unspecified atom stereocenters. The van der Waals surface area contributed by atoms with Crippen molar-refractivity contribution in [2.45, 2.75) is 229 Å². The minimum atomic E-state index is -2.41. The highest BCUT2D eigenvalue weighted by Crippen LogP contribution is 2.37. The van der Waals surface area contributed by atoms with Gasteiger partial charge in [-0.05, 0) is 6.92 Å². The second-order valence-corrected chi connectivity index (χ2v) is 20.7. The second-order valence-electron chi connectivity index (χ2n) is 20.7. The Morgan fingerprint density at radius 2 is 0.892 bits per heavy atom. The number of aliphatic hydroxyl groups excluding tert-OH is 20. The lowest BCUT2D eigenvalue weighted by molar-refractivity contribution is -0.390. The van der Waals surface area contributed by atoms with Crippen molar-refractivity contribution >= 4 is 18.1 Å². The Hall–Kier alpha value is -2.67. The van der Waals surface area contributed by atoms with Crippen LogP contribution in [0.25, 0.3) is 0 Å². The summed E-state index contributed by atoms with van der Waals surface area (Å²) in [6.07, 6.45) is -63.5. The van der Waals surface area contributed by atoms with E-state index < -0.39 is 260 Å². The third-order valence-corrected chi connectivity index (χ3v) is 14.8. The van der Waals surface area contributed by atoms with E-state index in [9.17, 15) is 117 Å². The topological polar surface area (TPSA) is 591 Å². The van der Waals surface area contributed by atoms with Crippen LogP contribution in [0, 0.1) is 0 Å². The molecule has 0 spiro atoms. The maximum atomic E-state index is 12.8. The van der Waals surface area contributed by atoms with Gasteiger partial charge in [0.15, 0.2) is 44.0 Å². The van der Waals surface area contributed by atoms with E-state index in [0.29, 0.717) is 0 Å². The molecular formula is C46H78N2O35. The Balaban J connectivity index is 1.29. The van der Waals surface area contributed by atoms with Crippen LogP contribution in [0.1, 0.15) is 20.8 Å². The first-order valence-electron chi connectivity index (χ1n) is 26.2. The third-order valence-electron chi connectivity index (χ3n) is 14.8. The fourth-order valence-corrected chi connectivity index (χ4v) is 10.2. The van der Waals surface area contributed by atoms with Crippen molar-refractivity contribution in [2.24, 2.45) is 0 Å². The number of aldehydes is 1. The molecule has 6 heterocycles. The molecule has 0 aliphatic carbocycles. The number of amides is 2. The van der Waals surface area contributed by atoms with Gasteiger partial charge in [0.2, 0.25) is 11.8 Å². The quantitative estimate of drug-likeness (QED) is 0.0399. The minimum Gasteiger partial charge on any atom is -0.394 e. The summed E-state index contributed by atoms with van der Waals surface area (Å²) in [5.41, 5.74) is 0. The molecule has 0 bridgehead atoms. The molecule has 6 aliphatic rings. The lowest BCUT2D eigenvalue weighted by atomic mass is 9.94. The van der Waals surface area contributed by atoms with Crippen molar-refractivity contribution in [1.29, 1.82) is 0 Å². The van der Waals surface area contributed by atoms with Crippen molar-refractivity contribution in [2.75, 3.05) is 39.6 Å². The summed E-state index contributed by atoms with van der Waals surface area (Å²) >= 11 is 0. The molecular weight excluding hydrogens is 1140 g/mol. The summed E-state index contributed by atoms with van der Waals surface area (Å²) in [5, 5.41) is 219. The van der Waals surface area contributed by atoms with Crippen molar-refractivity contribution in [3.8, 4) is 0 Å². The number of aliphatic hydroxyl groups is 20. The zero-order valence-corrected chi connectivity index (χ0v) is 44.5. The molecule has 37 heteroatoms. The van der Waals surface area contributed by atoms with Gasteiger partial charge in [-0.3, -0.25) is 9.59 Å². The predicted molar refractivity (Wildman–Crippen MR) is 255 cm³/mol. The smallest absolute Gasteiger partial charge is 0.217 e. The molecule has 83 heavy (non-hydrogen) atoms. The van der Waals surface area contributed by atoms with Crippen molar-refractivity contribution in [3.05, 3.63) is 0 Å². The van der Waals surface area contributed by atoms with Crippen molar-refractivity contribution < 1.29 is 173 Å². The van der Waals surface area contributed by atoms with E-state index >= 15 is 0 Å². The highest BCUT2D eigenvalue weighted by molar-refractivity contribution is 5.73. The molecule has 6 rings (SSSR count). The van der Waals surface area contributed by atoms with E-state index in [1.54, 1.807) is 0 Å². The maximum absolute atomic E-state index is 12.8. The lowest BCUT2D eigenvalue weighted by Crippen LogP contribution is -2.70. The van der Waals surface area contributed by atoms with E-state index in [-0.39, 0.29) is 6.29 Å². The van der Waals surface area contributed by atoms with Gasteiger partial charge in [-0.15, -0.1) is 0 Å². The van der Waals surface area contributed by atoms with E-state index in [0.717, 1.165) is 13.8 Å². The SMILES string of the molecule is CC(=O)N[C@H]1[C@H](OC[C@H]2O[C@@H](O[C@@H]([C@H](O)[C@@H](O)C=O)[C@H](O)CO)[C@H](O)[C@@H](O[C@@H]3O[C@H](CO)[C@@H](O[C@@H]4O[C@H](CO)[C@H](O)[C@H](O)[C@H]4O[C@@H]4O[C@@H](C)[C@@H](O)[C@@H](O)[C@@H]4O)[C@H](O)[C@H]3NC(C)=O)[C@H]2O)O[C@H](CO)[C@@H](O[C@@H]2O[C@H](CO)[C@H](O)[C@H](O)[C@H]2O)[C@@H]1O. The van der Waals surface area contributed by atoms with E-state index in [2.05, 4.69) is 10.6 Å². The highest BCUT2D eigenvalue weighted by atomic mass is 16.8. The number of hydrogen-bond donors (Lipinski definition) is 22. The molecule has 6 aliphatic heterocycles. The number of nitrogens with one attached hydrogen (secondary N) is 2. The largest absolute Gasteiger partial charge is 0.394 e. The summed E-state index contributed by atoms with van der Waals surface area (Å²) in [6, 6.07) is -3.66. The van der Waals surface area contributed by atoms with Crippen LogP contribution in [0.4, 0.5) is 0 Å². The fourth-order valence-electron chi connectivity index (χ4n) is 10.2. The molecule has 482 valence electrons. The first-order valence-corrected chi connectivity index (χ1v) is 26.2. The van der Waals surface area contributed by atoms with Gasteiger partial charge in [-0.1, -0.05) is 0 Å². The molecule has 0 aromatic heterocycles. The molecule has 0 aromatic carbocycles. The highest BCUT2D eigenvalue weighted by Gasteiger charge is 2.58. The predicted octanol–water partition coefficient (Wildman–Crippen LogP) is -15.1. The molecule has 34 atom stereocenters. The monoisotopic (exact) mass is 1220 g/mol. The van der Waals surface area contributed by atoms with Gasteiger partial charge in [0, 0.05) is 13.8 Å². The van der Waals surface area contributed by atoms with Crippen molar-refractivity contribution in [1.82, 2.24) is 10.6 Å². The average molecular weight is 1220 g/mol. The van der Waals surface area contributed by atoms with E-state index in [1.807, 2.05) is 0 Å². The summed E-state index contributed by atoms with van der Waals surface area (Å²) in [7, 11) is 0. The normalized spacial score (nSPS) is 46.7. The molecule has 6 fully saturated rings. The first kappa shape index (κ1) is 69.4. The summed E-state index contributed by atoms with van der Waals surface area (Å²) in [4.78, 5) is 36.9. The number of rotatable bonds is 24. The van der Waals surface area contributed by atoms with Crippen LogP contribution in [0.2, 0.25) is 0 Å². The number of carbonyl (C=O) groups is 3. The van der Waals surface area contributed by atoms with Crippen molar-refractivity contribution in [3.63, 3.8) is 0 Å². The van der Waals surface area contributed by atoms with Crippen LogP contribution in [-0.4, -0.2) is 368 Å². The molecule has 0 radical (unpaired) electrons. The number of ether oxygens (including phenoxy) is 12. The Morgan fingerprint density at radius 3 is 1.41 bits per heavy atom. The molecule has 6 saturated heterocycles. The summed E-state index contributed by atoms with van der Waals surface area (Å²) in [5.74, 6) is -1.79. The molecule has 22 N–H and O–H groups in total. The lowest BCUT2D eigenvalue weighted by Gasteiger charge is -2.50. The van der Waals surface area contributed by atoms with Crippen LogP contribution in [-0.2, 0) is 71.2 Å². The first-order chi connectivity index (χ1) is 39.2. The van der Waals surface area contributed by atoms with Gasteiger partial charge in [-0.2, -0.15) is 0 Å². The Bertz CT molecular complexity index is 2030. The zero-order chi connectivity index (χ0) is 61.6. The van der Waals surface area contributed by atoms with Gasteiger partial charge in [-0.25, -0.2) is 0 Å². The summed E-state index contributed by atoms with van der Waals surface area (Å²) < 4.78 is 69.3. The van der Waals surface area contributed by atoms with Gasteiger partial charge in [0.25, 0.3) is 0 Å². The molecule has 2 amide bonds. The van der Waals surface area contributed by atoms with E-state index in [4.69, 9.17) is 56.8 Å². The van der Waals surface area contributed by atoms with Gasteiger partial charge < -0.3 is 174 Å². The van der Waals surface area contributed by atoms with Crippen LogP contribution in [0.3, 0.4) is 0 Å². The van der Waals surface area contributed by atoms with E-state index in [1.165, 1.54) is 6.92 Å². The van der Waals surface area contributed by atoms with Gasteiger partial charge >= 0.3 is 0 Å². The van der Waals surface area contributed by atoms with Gasteiger partial charge in [0.1, 0.15) is 165 Å². The van der Waals surface area contributed by atoms with Gasteiger partial charge in [0.05, 0.1) is 45.7 Å². The number of hydrogen-bond acceptors (Lipinski definition) is 35. The Morgan fingerprint density at radius 1 is 0.458 bits per heavy atom. The Kier molecular flexibility index (Phi) is 25.5. The molecule has 0 aromatic rings. The second kappa shape index (κ2) is 30.5. The fraction of sp³-hybridized carbons (Fsp3) is 0.935. The standard InChI is InChI=1S/C46H78N2O35/c1-11-23(59)30(66)33(69)43(73-11)83-40-32(68)26(62)17(7-52)75-46(40)81-38-19(9-54)77-42(22(29(38)65)48-13(3)56)82-39-27(63)20(78-45(35(39)71)79-36(15(58)5-50)24(60)14(57)4-49)10-72-41-21(47-12(2)55)28(64)37(18(8-53)76-41)80-44-34(70)31(67)25(61)16(6-51)74-44/h4,11,14-46,50-54,57-71H,5-10H2,1-3H3,(H,47,55)(H,48,56)/t11-,14-,15+,16+,17+,18+,19+,20+,21+,22+,23+,24+,25-,26-,27-,28+,29+,30+,31-,32-,33-,34+,35+,36+,37+,38+,39-,40+,41+,42-,43-,44-,45-,46-/m0/s1. The molecule has 37 nitrogen and oxygen atoms in total. The van der Waals surface area contributed by atoms with Crippen LogP contribution >= 0.6 is 0 Å². The molecule has 0 saturated carbocycles. The average Bonchev–Trinajstić information content (AvgIpc) is 3.39. The Labute approximate surface area is 470 Å². The number of carbonyl (C=O) groups excluding carboxylic acids is 3. The maximum Gasteiger partial charge on any atom is 0.217 e. The zero-order valence-electron chi connectivity index (χ0n) is 44.5. The van der Waals surface area contributed by atoms with Crippen LogP contribution < -0.4 is 10.6 Å². The minimum absolute atomic E-state index is 0.182.